The van der Waals surface area contributed by atoms with E-state index >= 15 is 0 Å². The predicted molar refractivity (Wildman–Crippen MR) is 107 cm³/mol. The molecule has 9 heteroatoms. The summed E-state index contributed by atoms with van der Waals surface area (Å²) in [5.74, 6) is 0.325. The Balaban J connectivity index is 1.43. The maximum absolute atomic E-state index is 13.9. The Morgan fingerprint density at radius 3 is 2.66 bits per heavy atom. The number of anilines is 3. The molecule has 1 saturated heterocycles. The Morgan fingerprint density at radius 2 is 1.90 bits per heavy atom. The van der Waals surface area contributed by atoms with Crippen LogP contribution in [0.5, 0.6) is 5.75 Å². The van der Waals surface area contributed by atoms with Gasteiger partial charge in [-0.15, -0.1) is 10.2 Å². The second-order valence-electron chi connectivity index (χ2n) is 6.61. The van der Waals surface area contributed by atoms with Crippen molar-refractivity contribution in [3.05, 3.63) is 60.0 Å². The van der Waals surface area contributed by atoms with Crippen LogP contribution in [-0.4, -0.2) is 59.5 Å². The first-order chi connectivity index (χ1) is 14.2. The summed E-state index contributed by atoms with van der Waals surface area (Å²) in [5, 5.41) is 13.2. The molecule has 0 spiro atoms. The second-order valence-corrected chi connectivity index (χ2v) is 6.61. The number of hydrogen-bond acceptors (Lipinski definition) is 6. The van der Waals surface area contributed by atoms with Gasteiger partial charge in [-0.05, 0) is 24.3 Å². The van der Waals surface area contributed by atoms with Crippen molar-refractivity contribution in [2.75, 3.05) is 43.5 Å². The van der Waals surface area contributed by atoms with Gasteiger partial charge in [-0.25, -0.2) is 4.39 Å². The maximum Gasteiger partial charge on any atom is 0.278 e. The summed E-state index contributed by atoms with van der Waals surface area (Å²) < 4.78 is 19.2. The number of halogens is 1. The molecule has 8 nitrogen and oxygen atoms in total. The number of para-hydroxylation sites is 1. The van der Waals surface area contributed by atoms with Crippen molar-refractivity contribution in [3.8, 4) is 5.75 Å². The number of rotatable bonds is 5. The zero-order chi connectivity index (χ0) is 20.2. The Bertz CT molecular complexity index is 1000. The van der Waals surface area contributed by atoms with E-state index in [1.807, 2.05) is 24.3 Å². The highest BCUT2D eigenvalue weighted by Crippen LogP contribution is 2.24. The number of aromatic amines is 1. The Hall–Kier alpha value is -3.62. The summed E-state index contributed by atoms with van der Waals surface area (Å²) in [7, 11) is 1.64. The van der Waals surface area contributed by atoms with Crippen LogP contribution in [0.1, 0.15) is 10.5 Å². The van der Waals surface area contributed by atoms with E-state index in [4.69, 9.17) is 4.74 Å². The van der Waals surface area contributed by atoms with Crippen LogP contribution in [0.4, 0.5) is 21.6 Å². The molecule has 1 aliphatic heterocycles. The van der Waals surface area contributed by atoms with Crippen LogP contribution in [0, 0.1) is 5.82 Å². The number of aromatic nitrogens is 3. The number of nitrogens with zero attached hydrogens (tertiary/aromatic N) is 4. The molecule has 1 aromatic heterocycles. The van der Waals surface area contributed by atoms with Crippen molar-refractivity contribution >= 4 is 23.1 Å². The number of benzene rings is 2. The number of methoxy groups -OCH3 is 1. The predicted octanol–water partition coefficient (Wildman–Crippen LogP) is 2.66. The quantitative estimate of drug-likeness (QED) is 0.690. The molecule has 2 N–H and O–H groups in total. The van der Waals surface area contributed by atoms with Crippen LogP contribution in [0.25, 0.3) is 0 Å². The molecular formula is C20H21FN6O2. The normalized spacial score (nSPS) is 14.0. The third-order valence-corrected chi connectivity index (χ3v) is 4.86. The lowest BCUT2D eigenvalue weighted by molar-refractivity contribution is 0.0742. The van der Waals surface area contributed by atoms with Gasteiger partial charge in [-0.3, -0.25) is 4.79 Å². The van der Waals surface area contributed by atoms with Crippen molar-refractivity contribution in [2.24, 2.45) is 0 Å². The Morgan fingerprint density at radius 1 is 1.10 bits per heavy atom. The van der Waals surface area contributed by atoms with Gasteiger partial charge < -0.3 is 19.9 Å². The second kappa shape index (κ2) is 8.17. The Kier molecular flexibility index (Phi) is 5.28. The minimum Gasteiger partial charge on any atom is -0.497 e. The first-order valence-corrected chi connectivity index (χ1v) is 9.26. The minimum atomic E-state index is -0.430. The van der Waals surface area contributed by atoms with Gasteiger partial charge in [0.25, 0.3) is 5.91 Å². The van der Waals surface area contributed by atoms with Crippen molar-refractivity contribution in [1.29, 1.82) is 0 Å². The fourth-order valence-corrected chi connectivity index (χ4v) is 3.28. The largest absolute Gasteiger partial charge is 0.497 e. The van der Waals surface area contributed by atoms with Crippen LogP contribution in [0.3, 0.4) is 0 Å². The lowest BCUT2D eigenvalue weighted by Crippen LogP contribution is -2.49. The van der Waals surface area contributed by atoms with Gasteiger partial charge in [0.1, 0.15) is 11.6 Å². The Labute approximate surface area is 167 Å². The lowest BCUT2D eigenvalue weighted by Gasteiger charge is -2.36. The summed E-state index contributed by atoms with van der Waals surface area (Å²) in [5.41, 5.74) is 1.43. The van der Waals surface area contributed by atoms with Gasteiger partial charge in [-0.2, -0.15) is 5.21 Å². The molecule has 0 atom stereocenters. The molecule has 0 saturated carbocycles. The van der Waals surface area contributed by atoms with E-state index in [1.54, 1.807) is 30.2 Å². The SMILES string of the molecule is COc1cccc(N2CCN(C(=O)c3n[nH]nc3Nc3ccccc3F)CC2)c1. The molecule has 1 amide bonds. The zero-order valence-corrected chi connectivity index (χ0v) is 15.9. The molecule has 0 radical (unpaired) electrons. The number of carbonyl (C=O) groups is 1. The number of piperazine rings is 1. The van der Waals surface area contributed by atoms with Crippen LogP contribution in [0.15, 0.2) is 48.5 Å². The highest BCUT2D eigenvalue weighted by molar-refractivity contribution is 5.97. The molecule has 4 rings (SSSR count). The highest BCUT2D eigenvalue weighted by atomic mass is 19.1. The van der Waals surface area contributed by atoms with Gasteiger partial charge >= 0.3 is 0 Å². The zero-order valence-electron chi connectivity index (χ0n) is 15.9. The molecule has 2 aromatic carbocycles. The number of ether oxygens (including phenoxy) is 1. The van der Waals surface area contributed by atoms with E-state index in [1.165, 1.54) is 6.07 Å². The van der Waals surface area contributed by atoms with E-state index in [0.29, 0.717) is 26.2 Å². The van der Waals surface area contributed by atoms with Gasteiger partial charge in [0.15, 0.2) is 11.5 Å². The van der Waals surface area contributed by atoms with Crippen molar-refractivity contribution in [2.45, 2.75) is 0 Å². The number of H-pyrrole nitrogens is 1. The third-order valence-electron chi connectivity index (χ3n) is 4.86. The third kappa shape index (κ3) is 3.98. The number of carbonyl (C=O) groups excluding carboxylic acids is 1. The maximum atomic E-state index is 13.9. The molecule has 3 aromatic rings. The van der Waals surface area contributed by atoms with Gasteiger partial charge in [0.05, 0.1) is 12.8 Å². The summed E-state index contributed by atoms with van der Waals surface area (Å²) >= 11 is 0. The van der Waals surface area contributed by atoms with Gasteiger partial charge in [0.2, 0.25) is 0 Å². The summed E-state index contributed by atoms with van der Waals surface area (Å²) in [6, 6.07) is 14.0. The first kappa shape index (κ1) is 18.7. The fourth-order valence-electron chi connectivity index (χ4n) is 3.28. The van der Waals surface area contributed by atoms with Crippen molar-refractivity contribution in [3.63, 3.8) is 0 Å². The monoisotopic (exact) mass is 396 g/mol. The number of nitrogens with one attached hydrogen (secondary N) is 2. The molecule has 0 aliphatic carbocycles. The van der Waals surface area contributed by atoms with E-state index < -0.39 is 5.82 Å². The molecular weight excluding hydrogens is 375 g/mol. The molecule has 1 fully saturated rings. The van der Waals surface area contributed by atoms with E-state index in [9.17, 15) is 9.18 Å². The molecule has 0 bridgehead atoms. The van der Waals surface area contributed by atoms with Crippen molar-refractivity contribution in [1.82, 2.24) is 20.3 Å². The summed E-state index contributed by atoms with van der Waals surface area (Å²) in [6.45, 7) is 2.46. The van der Waals surface area contributed by atoms with Gasteiger partial charge in [-0.1, -0.05) is 18.2 Å². The average Bonchev–Trinajstić information content (AvgIpc) is 3.23. The smallest absolute Gasteiger partial charge is 0.278 e. The molecule has 150 valence electrons. The summed E-state index contributed by atoms with van der Waals surface area (Å²) in [4.78, 5) is 16.9. The first-order valence-electron chi connectivity index (χ1n) is 9.26. The lowest BCUT2D eigenvalue weighted by atomic mass is 10.2. The molecule has 2 heterocycles. The highest BCUT2D eigenvalue weighted by Gasteiger charge is 2.27. The van der Waals surface area contributed by atoms with Crippen LogP contribution >= 0.6 is 0 Å². The fraction of sp³-hybridized carbons (Fsp3) is 0.250. The van der Waals surface area contributed by atoms with Crippen molar-refractivity contribution < 1.29 is 13.9 Å². The topological polar surface area (TPSA) is 86.4 Å². The standard InChI is InChI=1S/C20H21FN6O2/c1-29-15-6-4-5-14(13-15)26-9-11-27(12-10-26)20(28)18-19(24-25-23-18)22-17-8-3-2-7-16(17)21/h2-8,13H,9-12H2,1H3,(H2,22,23,24,25). The number of amides is 1. The number of hydrogen-bond donors (Lipinski definition) is 2. The van der Waals surface area contributed by atoms with E-state index in [2.05, 4.69) is 25.6 Å². The summed E-state index contributed by atoms with van der Waals surface area (Å²) in [6.07, 6.45) is 0. The van der Waals surface area contributed by atoms with Crippen LogP contribution < -0.4 is 15.0 Å². The molecule has 29 heavy (non-hydrogen) atoms. The van der Waals surface area contributed by atoms with Crippen LogP contribution in [0.2, 0.25) is 0 Å². The van der Waals surface area contributed by atoms with Crippen LogP contribution in [-0.2, 0) is 0 Å². The molecule has 1 aliphatic rings. The minimum absolute atomic E-state index is 0.142. The van der Waals surface area contributed by atoms with E-state index in [0.717, 1.165) is 11.4 Å². The molecule has 0 unspecified atom stereocenters. The van der Waals surface area contributed by atoms with Gasteiger partial charge in [0, 0.05) is 37.9 Å². The average molecular weight is 396 g/mol. The van der Waals surface area contributed by atoms with E-state index in [-0.39, 0.29) is 23.1 Å².